The molecular formula is C16H26ClN3O3. The zero-order valence-electron chi connectivity index (χ0n) is 13.8. The van der Waals surface area contributed by atoms with Crippen LogP contribution in [0.15, 0.2) is 10.5 Å². The number of hydrogen-bond donors (Lipinski definition) is 1. The van der Waals surface area contributed by atoms with Crippen LogP contribution in [0.3, 0.4) is 0 Å². The second kappa shape index (κ2) is 8.15. The third kappa shape index (κ3) is 4.26. The Morgan fingerprint density at radius 3 is 2.74 bits per heavy atom. The van der Waals surface area contributed by atoms with Gasteiger partial charge in [0.25, 0.3) is 0 Å². The molecule has 0 amide bonds. The van der Waals surface area contributed by atoms with Gasteiger partial charge < -0.3 is 14.5 Å². The van der Waals surface area contributed by atoms with Crippen LogP contribution in [0.5, 0.6) is 0 Å². The largest absolute Gasteiger partial charge is 0.465 e. The minimum Gasteiger partial charge on any atom is -0.465 e. The van der Waals surface area contributed by atoms with Gasteiger partial charge in [-0.25, -0.2) is 4.79 Å². The van der Waals surface area contributed by atoms with Gasteiger partial charge in [-0.2, -0.15) is 0 Å². The number of piperazine rings is 1. The van der Waals surface area contributed by atoms with Crippen LogP contribution in [0.4, 0.5) is 0 Å². The molecule has 1 aromatic heterocycles. The molecule has 2 aliphatic rings. The van der Waals surface area contributed by atoms with Crippen molar-refractivity contribution in [2.24, 2.45) is 0 Å². The summed E-state index contributed by atoms with van der Waals surface area (Å²) in [4.78, 5) is 16.6. The Morgan fingerprint density at radius 2 is 2.13 bits per heavy atom. The Morgan fingerprint density at radius 1 is 1.39 bits per heavy atom. The summed E-state index contributed by atoms with van der Waals surface area (Å²) in [5, 5.41) is 3.43. The lowest BCUT2D eigenvalue weighted by atomic mass is 10.2. The molecule has 1 N–H and O–H groups in total. The van der Waals surface area contributed by atoms with Gasteiger partial charge in [-0.3, -0.25) is 9.80 Å². The lowest BCUT2D eigenvalue weighted by Crippen LogP contribution is -2.50. The molecule has 3 heterocycles. The van der Waals surface area contributed by atoms with Crippen LogP contribution in [0, 0.1) is 6.92 Å². The van der Waals surface area contributed by atoms with Crippen molar-refractivity contribution < 1.29 is 13.9 Å². The van der Waals surface area contributed by atoms with Crippen molar-refractivity contribution >= 4 is 18.4 Å². The van der Waals surface area contributed by atoms with Gasteiger partial charge in [0.1, 0.15) is 17.1 Å². The molecule has 130 valence electrons. The van der Waals surface area contributed by atoms with Gasteiger partial charge in [-0.1, -0.05) is 0 Å². The molecule has 0 aromatic carbocycles. The number of aryl methyl sites for hydroxylation is 1. The molecule has 2 aliphatic heterocycles. The molecule has 2 saturated heterocycles. The number of rotatable bonds is 4. The predicted molar refractivity (Wildman–Crippen MR) is 90.2 cm³/mol. The number of carbonyl (C=O) groups excluding carboxylic acids is 1. The van der Waals surface area contributed by atoms with E-state index in [9.17, 15) is 4.79 Å². The van der Waals surface area contributed by atoms with Gasteiger partial charge in [-0.15, -0.1) is 12.4 Å². The normalized spacial score (nSPS) is 22.8. The molecule has 2 fully saturated rings. The lowest BCUT2D eigenvalue weighted by molar-refractivity contribution is 0.0599. The summed E-state index contributed by atoms with van der Waals surface area (Å²) in [6.07, 6.45) is 1.26. The fourth-order valence-electron chi connectivity index (χ4n) is 3.39. The number of ether oxygens (including phenoxy) is 1. The first-order valence-electron chi connectivity index (χ1n) is 8.02. The molecule has 0 bridgehead atoms. The van der Waals surface area contributed by atoms with Gasteiger partial charge in [-0.05, 0) is 26.0 Å². The smallest absolute Gasteiger partial charge is 0.341 e. The topological polar surface area (TPSA) is 58.0 Å². The van der Waals surface area contributed by atoms with Crippen molar-refractivity contribution in [1.29, 1.82) is 0 Å². The predicted octanol–water partition coefficient (Wildman–Crippen LogP) is 1.28. The zero-order chi connectivity index (χ0) is 15.5. The average molecular weight is 344 g/mol. The van der Waals surface area contributed by atoms with E-state index < -0.39 is 0 Å². The minimum absolute atomic E-state index is 0. The second-order valence-corrected chi connectivity index (χ2v) is 6.13. The molecule has 1 unspecified atom stereocenters. The molecule has 7 heteroatoms. The minimum atomic E-state index is -0.328. The van der Waals surface area contributed by atoms with Crippen LogP contribution in [-0.2, 0) is 11.3 Å². The Labute approximate surface area is 143 Å². The van der Waals surface area contributed by atoms with E-state index in [0.717, 1.165) is 51.6 Å². The molecule has 1 atom stereocenters. The summed E-state index contributed by atoms with van der Waals surface area (Å²) in [5.74, 6) is 1.15. The number of hydrogen-bond acceptors (Lipinski definition) is 6. The molecule has 0 aliphatic carbocycles. The van der Waals surface area contributed by atoms with Crippen molar-refractivity contribution in [1.82, 2.24) is 15.1 Å². The number of esters is 1. The fraction of sp³-hybridized carbons (Fsp3) is 0.688. The lowest BCUT2D eigenvalue weighted by Gasteiger charge is -2.37. The third-order valence-corrected chi connectivity index (χ3v) is 4.71. The summed E-state index contributed by atoms with van der Waals surface area (Å²) in [6, 6.07) is 2.52. The van der Waals surface area contributed by atoms with Crippen molar-refractivity contribution in [3.8, 4) is 0 Å². The standard InChI is InChI=1S/C16H25N3O3.ClH/c1-12-15(16(20)21-2)9-14(22-12)11-18-5-7-19(8-6-18)13-3-4-17-10-13;/h9,13,17H,3-8,10-11H2,1-2H3;1H. The maximum absolute atomic E-state index is 11.6. The first-order chi connectivity index (χ1) is 10.7. The first-order valence-corrected chi connectivity index (χ1v) is 8.02. The van der Waals surface area contributed by atoms with Gasteiger partial charge in [0.2, 0.25) is 0 Å². The van der Waals surface area contributed by atoms with E-state index in [2.05, 4.69) is 15.1 Å². The van der Waals surface area contributed by atoms with Crippen molar-refractivity contribution in [3.63, 3.8) is 0 Å². The highest BCUT2D eigenvalue weighted by Crippen LogP contribution is 2.19. The van der Waals surface area contributed by atoms with Crippen LogP contribution in [0.2, 0.25) is 0 Å². The average Bonchev–Trinajstić information content (AvgIpc) is 3.17. The van der Waals surface area contributed by atoms with Crippen LogP contribution in [0.1, 0.15) is 28.3 Å². The Balaban J connectivity index is 0.00000192. The first kappa shape index (κ1) is 18.3. The molecular weight excluding hydrogens is 318 g/mol. The Kier molecular flexibility index (Phi) is 6.47. The maximum atomic E-state index is 11.6. The zero-order valence-corrected chi connectivity index (χ0v) is 14.7. The van der Waals surface area contributed by atoms with E-state index in [4.69, 9.17) is 9.15 Å². The van der Waals surface area contributed by atoms with Crippen LogP contribution >= 0.6 is 12.4 Å². The molecule has 6 nitrogen and oxygen atoms in total. The fourth-order valence-corrected chi connectivity index (χ4v) is 3.39. The van der Waals surface area contributed by atoms with Crippen molar-refractivity contribution in [2.75, 3.05) is 46.4 Å². The summed E-state index contributed by atoms with van der Waals surface area (Å²) < 4.78 is 10.5. The highest BCUT2D eigenvalue weighted by molar-refractivity contribution is 5.90. The van der Waals surface area contributed by atoms with E-state index in [1.54, 1.807) is 6.92 Å². The number of nitrogens with zero attached hydrogens (tertiary/aromatic N) is 2. The van der Waals surface area contributed by atoms with Crippen LogP contribution in [0.25, 0.3) is 0 Å². The van der Waals surface area contributed by atoms with E-state index in [1.165, 1.54) is 13.5 Å². The highest BCUT2D eigenvalue weighted by atomic mass is 35.5. The molecule has 1 aromatic rings. The van der Waals surface area contributed by atoms with Gasteiger partial charge >= 0.3 is 5.97 Å². The van der Waals surface area contributed by atoms with Gasteiger partial charge in [0.05, 0.1) is 13.7 Å². The number of nitrogens with one attached hydrogen (secondary N) is 1. The molecule has 23 heavy (non-hydrogen) atoms. The van der Waals surface area contributed by atoms with E-state index in [-0.39, 0.29) is 18.4 Å². The van der Waals surface area contributed by atoms with E-state index >= 15 is 0 Å². The van der Waals surface area contributed by atoms with E-state index in [1.807, 2.05) is 6.07 Å². The van der Waals surface area contributed by atoms with Crippen LogP contribution < -0.4 is 5.32 Å². The Hall–Kier alpha value is -1.08. The van der Waals surface area contributed by atoms with Crippen LogP contribution in [-0.4, -0.2) is 68.2 Å². The second-order valence-electron chi connectivity index (χ2n) is 6.13. The van der Waals surface area contributed by atoms with Crippen molar-refractivity contribution in [2.45, 2.75) is 25.9 Å². The Bertz CT molecular complexity index is 521. The molecule has 0 saturated carbocycles. The summed E-state index contributed by atoms with van der Waals surface area (Å²) in [6.45, 7) is 9.14. The van der Waals surface area contributed by atoms with Gasteiger partial charge in [0.15, 0.2) is 0 Å². The van der Waals surface area contributed by atoms with E-state index in [0.29, 0.717) is 17.4 Å². The molecule has 0 radical (unpaired) electrons. The maximum Gasteiger partial charge on any atom is 0.341 e. The molecule has 3 rings (SSSR count). The highest BCUT2D eigenvalue weighted by Gasteiger charge is 2.26. The van der Waals surface area contributed by atoms with Gasteiger partial charge in [0, 0.05) is 38.8 Å². The summed E-state index contributed by atoms with van der Waals surface area (Å²) in [7, 11) is 1.39. The quantitative estimate of drug-likeness (QED) is 0.831. The number of methoxy groups -OCH3 is 1. The molecule has 0 spiro atoms. The number of carbonyl (C=O) groups is 1. The van der Waals surface area contributed by atoms with Crippen molar-refractivity contribution in [3.05, 3.63) is 23.2 Å². The summed E-state index contributed by atoms with van der Waals surface area (Å²) in [5.41, 5.74) is 0.535. The number of furan rings is 1. The number of halogens is 1. The SMILES string of the molecule is COC(=O)c1cc(CN2CCN(C3CCNC3)CC2)oc1C.Cl. The third-order valence-electron chi connectivity index (χ3n) is 4.71. The monoisotopic (exact) mass is 343 g/mol. The summed E-state index contributed by atoms with van der Waals surface area (Å²) >= 11 is 0.